The maximum absolute atomic E-state index is 12.5. The van der Waals surface area contributed by atoms with Gasteiger partial charge in [-0.05, 0) is 25.7 Å². The van der Waals surface area contributed by atoms with Gasteiger partial charge in [-0.3, -0.25) is 4.79 Å². The number of nitrogens with zero attached hydrogens (tertiary/aromatic N) is 3. The van der Waals surface area contributed by atoms with Gasteiger partial charge in [0.25, 0.3) is 0 Å². The van der Waals surface area contributed by atoms with Crippen molar-refractivity contribution in [2.75, 3.05) is 20.6 Å². The van der Waals surface area contributed by atoms with E-state index >= 15 is 0 Å². The lowest BCUT2D eigenvalue weighted by atomic mass is 10.1. The minimum absolute atomic E-state index is 0.0323. The number of fused-ring (bicyclic) bond motifs is 1. The molecule has 0 saturated carbocycles. The largest absolute Gasteiger partial charge is 0.507 e. The zero-order valence-electron chi connectivity index (χ0n) is 13.2. The number of aromatic nitrogens is 2. The van der Waals surface area contributed by atoms with Crippen molar-refractivity contribution in [2.45, 2.75) is 6.54 Å². The summed E-state index contributed by atoms with van der Waals surface area (Å²) in [5.74, 6) is 0.0547. The van der Waals surface area contributed by atoms with Crippen LogP contribution in [0.15, 0.2) is 48.8 Å². The van der Waals surface area contributed by atoms with E-state index in [2.05, 4.69) is 4.98 Å². The Bertz CT molecular complexity index is 838. The fraction of sp³-hybridized carbons (Fsp3) is 0.222. The monoisotopic (exact) mass is 309 g/mol. The molecule has 0 aliphatic heterocycles. The SMILES string of the molecule is CN(C)CC(=O)c1cn(Cc2ccccc2)c2nccc(O)c12. The summed E-state index contributed by atoms with van der Waals surface area (Å²) in [5, 5.41) is 10.7. The molecule has 1 aromatic carbocycles. The van der Waals surface area contributed by atoms with Gasteiger partial charge in [0.05, 0.1) is 11.9 Å². The zero-order valence-corrected chi connectivity index (χ0v) is 13.2. The van der Waals surface area contributed by atoms with E-state index in [0.717, 1.165) is 5.56 Å². The highest BCUT2D eigenvalue weighted by atomic mass is 16.3. The van der Waals surface area contributed by atoms with E-state index in [1.807, 2.05) is 53.9 Å². The van der Waals surface area contributed by atoms with Gasteiger partial charge in [0.2, 0.25) is 0 Å². The second-order valence-corrected chi connectivity index (χ2v) is 5.85. The molecule has 0 aliphatic rings. The molecule has 118 valence electrons. The molecule has 0 aliphatic carbocycles. The highest BCUT2D eigenvalue weighted by molar-refractivity contribution is 6.10. The molecule has 0 bridgehead atoms. The number of hydrogen-bond donors (Lipinski definition) is 1. The predicted molar refractivity (Wildman–Crippen MR) is 89.8 cm³/mol. The third-order valence-corrected chi connectivity index (χ3v) is 3.69. The van der Waals surface area contributed by atoms with Crippen molar-refractivity contribution in [2.24, 2.45) is 0 Å². The molecule has 5 heteroatoms. The Kier molecular flexibility index (Phi) is 4.12. The molecule has 0 amide bonds. The molecule has 0 radical (unpaired) electrons. The topological polar surface area (TPSA) is 58.4 Å². The number of hydrogen-bond acceptors (Lipinski definition) is 4. The Balaban J connectivity index is 2.09. The van der Waals surface area contributed by atoms with Gasteiger partial charge in [-0.1, -0.05) is 30.3 Å². The van der Waals surface area contributed by atoms with E-state index < -0.39 is 0 Å². The van der Waals surface area contributed by atoms with Crippen LogP contribution in [0, 0.1) is 0 Å². The summed E-state index contributed by atoms with van der Waals surface area (Å²) < 4.78 is 1.91. The van der Waals surface area contributed by atoms with E-state index in [9.17, 15) is 9.90 Å². The second kappa shape index (κ2) is 6.22. The van der Waals surface area contributed by atoms with Crippen molar-refractivity contribution in [1.29, 1.82) is 0 Å². The molecule has 3 aromatic rings. The molecule has 0 atom stereocenters. The molecule has 0 spiro atoms. The fourth-order valence-electron chi connectivity index (χ4n) is 2.68. The second-order valence-electron chi connectivity index (χ2n) is 5.85. The smallest absolute Gasteiger partial charge is 0.179 e. The van der Waals surface area contributed by atoms with Gasteiger partial charge in [0.15, 0.2) is 5.78 Å². The summed E-state index contributed by atoms with van der Waals surface area (Å²) in [7, 11) is 3.69. The lowest BCUT2D eigenvalue weighted by Crippen LogP contribution is -2.21. The van der Waals surface area contributed by atoms with Crippen molar-refractivity contribution in [1.82, 2.24) is 14.5 Å². The average Bonchev–Trinajstić information content (AvgIpc) is 2.88. The van der Waals surface area contributed by atoms with Crippen LogP contribution in [0.2, 0.25) is 0 Å². The Morgan fingerprint density at radius 2 is 1.96 bits per heavy atom. The Hall–Kier alpha value is -2.66. The van der Waals surface area contributed by atoms with E-state index in [0.29, 0.717) is 29.7 Å². The maximum Gasteiger partial charge on any atom is 0.179 e. The number of benzene rings is 1. The standard InChI is InChI=1S/C18H19N3O2/c1-20(2)12-16(23)14-11-21(10-13-6-4-3-5-7-13)18-17(14)15(22)8-9-19-18/h3-9,11H,10,12H2,1-2H3,(H,19,22). The van der Waals surface area contributed by atoms with E-state index in [1.165, 1.54) is 6.07 Å². The quantitative estimate of drug-likeness (QED) is 0.736. The molecule has 2 heterocycles. The van der Waals surface area contributed by atoms with Gasteiger partial charge < -0.3 is 14.6 Å². The van der Waals surface area contributed by atoms with Crippen molar-refractivity contribution in [3.8, 4) is 5.75 Å². The molecule has 23 heavy (non-hydrogen) atoms. The molecule has 0 saturated heterocycles. The van der Waals surface area contributed by atoms with Crippen LogP contribution in [0.4, 0.5) is 0 Å². The maximum atomic E-state index is 12.5. The molecule has 5 nitrogen and oxygen atoms in total. The normalized spacial score (nSPS) is 11.3. The minimum atomic E-state index is -0.0323. The summed E-state index contributed by atoms with van der Waals surface area (Å²) in [6.07, 6.45) is 3.34. The number of rotatable bonds is 5. The number of carbonyl (C=O) groups excluding carboxylic acids is 1. The van der Waals surface area contributed by atoms with E-state index in [-0.39, 0.29) is 11.5 Å². The Morgan fingerprint density at radius 3 is 2.65 bits per heavy atom. The van der Waals surface area contributed by atoms with Crippen molar-refractivity contribution in [3.63, 3.8) is 0 Å². The minimum Gasteiger partial charge on any atom is -0.507 e. The first-order chi connectivity index (χ1) is 11.1. The lowest BCUT2D eigenvalue weighted by Gasteiger charge is -2.07. The van der Waals surface area contributed by atoms with Gasteiger partial charge in [-0.15, -0.1) is 0 Å². The number of aromatic hydroxyl groups is 1. The average molecular weight is 309 g/mol. The molecule has 0 unspecified atom stereocenters. The molecule has 1 N–H and O–H groups in total. The Labute approximate surface area is 134 Å². The van der Waals surface area contributed by atoms with Crippen LogP contribution in [0.1, 0.15) is 15.9 Å². The van der Waals surface area contributed by atoms with Crippen LogP contribution in [0.25, 0.3) is 11.0 Å². The lowest BCUT2D eigenvalue weighted by molar-refractivity contribution is 0.0959. The molecule has 3 rings (SSSR count). The number of carbonyl (C=O) groups is 1. The number of likely N-dealkylation sites (N-methyl/N-ethyl adjacent to an activating group) is 1. The predicted octanol–water partition coefficient (Wildman–Crippen LogP) is 2.53. The first-order valence-electron chi connectivity index (χ1n) is 7.45. The van der Waals surface area contributed by atoms with Gasteiger partial charge in [0, 0.05) is 24.5 Å². The van der Waals surface area contributed by atoms with Gasteiger partial charge >= 0.3 is 0 Å². The third-order valence-electron chi connectivity index (χ3n) is 3.69. The zero-order chi connectivity index (χ0) is 16.4. The molecular formula is C18H19N3O2. The van der Waals surface area contributed by atoms with Crippen LogP contribution in [-0.2, 0) is 6.54 Å². The van der Waals surface area contributed by atoms with Crippen LogP contribution < -0.4 is 0 Å². The first kappa shape index (κ1) is 15.2. The van der Waals surface area contributed by atoms with Gasteiger partial charge in [-0.25, -0.2) is 4.98 Å². The summed E-state index contributed by atoms with van der Waals surface area (Å²) >= 11 is 0. The summed E-state index contributed by atoms with van der Waals surface area (Å²) in [4.78, 5) is 18.7. The summed E-state index contributed by atoms with van der Waals surface area (Å²) in [6, 6.07) is 11.5. The van der Waals surface area contributed by atoms with Crippen LogP contribution in [-0.4, -0.2) is 46.0 Å². The van der Waals surface area contributed by atoms with Crippen molar-refractivity contribution >= 4 is 16.8 Å². The highest BCUT2D eigenvalue weighted by Gasteiger charge is 2.19. The third kappa shape index (κ3) is 3.10. The van der Waals surface area contributed by atoms with Crippen molar-refractivity contribution in [3.05, 3.63) is 59.9 Å². The van der Waals surface area contributed by atoms with E-state index in [4.69, 9.17) is 0 Å². The first-order valence-corrected chi connectivity index (χ1v) is 7.45. The van der Waals surface area contributed by atoms with Crippen LogP contribution in [0.5, 0.6) is 5.75 Å². The van der Waals surface area contributed by atoms with Gasteiger partial charge in [-0.2, -0.15) is 0 Å². The van der Waals surface area contributed by atoms with Crippen LogP contribution >= 0.6 is 0 Å². The molecular weight excluding hydrogens is 290 g/mol. The molecule has 2 aromatic heterocycles. The van der Waals surface area contributed by atoms with Crippen LogP contribution in [0.3, 0.4) is 0 Å². The molecule has 0 fully saturated rings. The summed E-state index contributed by atoms with van der Waals surface area (Å²) in [6.45, 7) is 0.891. The van der Waals surface area contributed by atoms with Gasteiger partial charge in [0.1, 0.15) is 11.4 Å². The highest BCUT2D eigenvalue weighted by Crippen LogP contribution is 2.29. The summed E-state index contributed by atoms with van der Waals surface area (Å²) in [5.41, 5.74) is 2.24. The Morgan fingerprint density at radius 1 is 1.22 bits per heavy atom. The number of ketones is 1. The fourth-order valence-corrected chi connectivity index (χ4v) is 2.68. The van der Waals surface area contributed by atoms with E-state index in [1.54, 1.807) is 12.4 Å². The number of pyridine rings is 1. The van der Waals surface area contributed by atoms with Crippen molar-refractivity contribution < 1.29 is 9.90 Å². The number of Topliss-reactive ketones (excluding diaryl/α,β-unsaturated/α-hetero) is 1.